The zero-order valence-electron chi connectivity index (χ0n) is 20.4. The lowest BCUT2D eigenvalue weighted by atomic mass is 10.0. The second-order valence-electron chi connectivity index (χ2n) is 9.62. The molecule has 6 heterocycles. The van der Waals surface area contributed by atoms with Crippen LogP contribution < -0.4 is 9.64 Å². The molecule has 0 aromatic carbocycles. The molecule has 2 fully saturated rings. The quantitative estimate of drug-likeness (QED) is 0.325. The van der Waals surface area contributed by atoms with Gasteiger partial charge in [-0.3, -0.25) is 4.68 Å². The third-order valence-corrected chi connectivity index (χ3v) is 7.01. The Hall–Kier alpha value is -5.15. The number of pyridine rings is 3. The van der Waals surface area contributed by atoms with Crippen LogP contribution in [0.1, 0.15) is 30.1 Å². The lowest BCUT2D eigenvalue weighted by Gasteiger charge is -2.39. The number of fused-ring (bicyclic) bond motifs is 1. The average molecular weight is 499 g/mol. The van der Waals surface area contributed by atoms with Crippen LogP contribution in [0.2, 0.25) is 0 Å². The second-order valence-corrected chi connectivity index (χ2v) is 9.62. The van der Waals surface area contributed by atoms with Gasteiger partial charge in [0.1, 0.15) is 29.4 Å². The van der Waals surface area contributed by atoms with Gasteiger partial charge < -0.3 is 9.64 Å². The first kappa shape index (κ1) is 22.1. The van der Waals surface area contributed by atoms with E-state index in [2.05, 4.69) is 44.3 Å². The molecule has 0 unspecified atom stereocenters. The summed E-state index contributed by atoms with van der Waals surface area (Å²) >= 11 is 0. The van der Waals surface area contributed by atoms with Gasteiger partial charge in [-0.2, -0.15) is 15.5 Å². The number of nitriles is 1. The van der Waals surface area contributed by atoms with Crippen molar-refractivity contribution in [2.75, 3.05) is 18.0 Å². The zero-order chi connectivity index (χ0) is 25.6. The molecule has 5 aromatic rings. The summed E-state index contributed by atoms with van der Waals surface area (Å²) in [5.41, 5.74) is 5.71. The molecule has 1 saturated carbocycles. The molecular formula is C29H22N8O. The highest BCUT2D eigenvalue weighted by molar-refractivity contribution is 5.87. The van der Waals surface area contributed by atoms with Crippen LogP contribution in [-0.4, -0.2) is 48.6 Å². The monoisotopic (exact) mass is 498 g/mol. The molecule has 0 bridgehead atoms. The van der Waals surface area contributed by atoms with Gasteiger partial charge in [0.15, 0.2) is 0 Å². The van der Waals surface area contributed by atoms with Crippen molar-refractivity contribution in [1.82, 2.24) is 29.4 Å². The summed E-state index contributed by atoms with van der Waals surface area (Å²) in [6, 6.07) is 12.5. The molecule has 0 amide bonds. The summed E-state index contributed by atoms with van der Waals surface area (Å²) in [4.78, 5) is 11.1. The van der Waals surface area contributed by atoms with E-state index in [0.29, 0.717) is 23.0 Å². The highest BCUT2D eigenvalue weighted by atomic mass is 16.5. The first-order valence-electron chi connectivity index (χ1n) is 12.5. The topological polar surface area (TPSA) is 97.2 Å². The van der Waals surface area contributed by atoms with Gasteiger partial charge in [-0.1, -0.05) is 5.92 Å². The molecule has 0 atom stereocenters. The molecule has 9 heteroatoms. The Bertz CT molecular complexity index is 1730. The molecule has 38 heavy (non-hydrogen) atoms. The van der Waals surface area contributed by atoms with E-state index < -0.39 is 0 Å². The van der Waals surface area contributed by atoms with Crippen LogP contribution >= 0.6 is 0 Å². The van der Waals surface area contributed by atoms with E-state index in [9.17, 15) is 5.26 Å². The minimum absolute atomic E-state index is 0.0628. The number of aromatic nitrogens is 6. The highest BCUT2D eigenvalue weighted by Gasteiger charge is 2.30. The van der Waals surface area contributed by atoms with Gasteiger partial charge in [-0.25, -0.2) is 14.5 Å². The van der Waals surface area contributed by atoms with Crippen molar-refractivity contribution in [3.05, 3.63) is 78.8 Å². The van der Waals surface area contributed by atoms with Crippen molar-refractivity contribution in [3.8, 4) is 46.4 Å². The fourth-order valence-electron chi connectivity index (χ4n) is 4.77. The highest BCUT2D eigenvalue weighted by Crippen LogP contribution is 2.37. The van der Waals surface area contributed by atoms with Crippen molar-refractivity contribution in [2.45, 2.75) is 25.0 Å². The van der Waals surface area contributed by atoms with E-state index >= 15 is 0 Å². The summed E-state index contributed by atoms with van der Waals surface area (Å²) < 4.78 is 9.79. The maximum Gasteiger partial charge on any atom is 0.138 e. The second kappa shape index (κ2) is 8.75. The molecule has 184 valence electrons. The fraction of sp³-hybridized carbons (Fsp3) is 0.207. The maximum atomic E-state index is 9.70. The molecule has 0 spiro atoms. The summed E-state index contributed by atoms with van der Waals surface area (Å²) in [6.07, 6.45) is 18.8. The van der Waals surface area contributed by atoms with Crippen molar-refractivity contribution < 1.29 is 4.74 Å². The number of rotatable bonds is 6. The van der Waals surface area contributed by atoms with Crippen LogP contribution in [0, 0.1) is 23.7 Å². The van der Waals surface area contributed by atoms with E-state index in [4.69, 9.17) is 16.1 Å². The van der Waals surface area contributed by atoms with Crippen molar-refractivity contribution in [3.63, 3.8) is 0 Å². The van der Waals surface area contributed by atoms with Gasteiger partial charge in [0.05, 0.1) is 48.8 Å². The zero-order valence-corrected chi connectivity index (χ0v) is 20.4. The number of terminal acetylenes is 1. The number of anilines is 1. The van der Waals surface area contributed by atoms with Gasteiger partial charge in [0.2, 0.25) is 0 Å². The standard InChI is InChI=1S/C29H22N8O/c1-2-23-4-7-25(14-31-23)38-26-17-35(18-26)28-8-3-19(11-32-28)27-9-20(15-37-29(27)21(10-30)12-34-37)22-13-33-36(16-22)24-5-6-24/h1,3-4,7-9,11-16,24,26H,5-6,17-18H2. The molecule has 0 radical (unpaired) electrons. The van der Waals surface area contributed by atoms with Crippen molar-refractivity contribution >= 4 is 11.3 Å². The van der Waals surface area contributed by atoms with E-state index in [0.717, 1.165) is 46.7 Å². The first-order chi connectivity index (χ1) is 18.7. The Labute approximate surface area is 218 Å². The van der Waals surface area contributed by atoms with Gasteiger partial charge >= 0.3 is 0 Å². The number of nitrogens with zero attached hydrogens (tertiary/aromatic N) is 8. The van der Waals surface area contributed by atoms with Crippen LogP contribution in [0.25, 0.3) is 27.8 Å². The minimum Gasteiger partial charge on any atom is -0.485 e. The van der Waals surface area contributed by atoms with E-state index in [1.54, 1.807) is 23.0 Å². The lowest BCUT2D eigenvalue weighted by Crippen LogP contribution is -2.54. The Morgan fingerprint density at radius 2 is 1.82 bits per heavy atom. The van der Waals surface area contributed by atoms with Gasteiger partial charge in [-0.15, -0.1) is 6.42 Å². The molecule has 1 saturated heterocycles. The first-order valence-corrected chi connectivity index (χ1v) is 12.5. The summed E-state index contributed by atoms with van der Waals surface area (Å²) in [5.74, 6) is 4.09. The van der Waals surface area contributed by atoms with Crippen LogP contribution in [0.3, 0.4) is 0 Å². The maximum absolute atomic E-state index is 9.70. The van der Waals surface area contributed by atoms with Crippen LogP contribution in [-0.2, 0) is 0 Å². The smallest absolute Gasteiger partial charge is 0.138 e. The average Bonchev–Trinajstić information content (AvgIpc) is 3.51. The predicted octanol–water partition coefficient (Wildman–Crippen LogP) is 4.11. The Morgan fingerprint density at radius 1 is 0.921 bits per heavy atom. The number of hydrogen-bond acceptors (Lipinski definition) is 7. The SMILES string of the molecule is C#Cc1ccc(OC2CN(c3ccc(-c4cc(-c5cnn(C6CC6)c5)cn5ncc(C#N)c45)cn3)C2)cn1. The van der Waals surface area contributed by atoms with Gasteiger partial charge in [0.25, 0.3) is 0 Å². The molecule has 0 N–H and O–H groups in total. The van der Waals surface area contributed by atoms with Crippen molar-refractivity contribution in [1.29, 1.82) is 5.26 Å². The predicted molar refractivity (Wildman–Crippen MR) is 141 cm³/mol. The largest absolute Gasteiger partial charge is 0.485 e. The molecule has 1 aliphatic carbocycles. The Balaban J connectivity index is 1.13. The molecule has 1 aliphatic heterocycles. The van der Waals surface area contributed by atoms with E-state index in [1.807, 2.05) is 41.5 Å². The third kappa shape index (κ3) is 3.91. The normalized spacial score (nSPS) is 15.2. The van der Waals surface area contributed by atoms with E-state index in [-0.39, 0.29) is 6.10 Å². The third-order valence-electron chi connectivity index (χ3n) is 7.01. The molecular weight excluding hydrogens is 476 g/mol. The summed E-state index contributed by atoms with van der Waals surface area (Å²) in [5, 5.41) is 18.7. The number of hydrogen-bond donors (Lipinski definition) is 0. The van der Waals surface area contributed by atoms with Gasteiger partial charge in [-0.05, 0) is 43.2 Å². The molecule has 5 aromatic heterocycles. The number of ether oxygens (including phenoxy) is 1. The lowest BCUT2D eigenvalue weighted by molar-refractivity contribution is 0.166. The Kier molecular flexibility index (Phi) is 5.09. The summed E-state index contributed by atoms with van der Waals surface area (Å²) in [6.45, 7) is 1.46. The van der Waals surface area contributed by atoms with Crippen LogP contribution in [0.4, 0.5) is 5.82 Å². The van der Waals surface area contributed by atoms with Gasteiger partial charge in [0, 0.05) is 40.8 Å². The van der Waals surface area contributed by atoms with Crippen LogP contribution in [0.5, 0.6) is 5.75 Å². The Morgan fingerprint density at radius 3 is 2.53 bits per heavy atom. The summed E-state index contributed by atoms with van der Waals surface area (Å²) in [7, 11) is 0. The van der Waals surface area contributed by atoms with Crippen molar-refractivity contribution in [2.24, 2.45) is 0 Å². The fourth-order valence-corrected chi connectivity index (χ4v) is 4.77. The van der Waals surface area contributed by atoms with E-state index in [1.165, 1.54) is 12.8 Å². The minimum atomic E-state index is 0.0628. The molecule has 7 rings (SSSR count). The molecule has 9 nitrogen and oxygen atoms in total. The van der Waals surface area contributed by atoms with Crippen LogP contribution in [0.15, 0.2) is 67.5 Å². The molecule has 2 aliphatic rings.